The Hall–Kier alpha value is -1.21. The summed E-state index contributed by atoms with van der Waals surface area (Å²) < 4.78 is 18.9. The van der Waals surface area contributed by atoms with Crippen molar-refractivity contribution in [3.63, 3.8) is 0 Å². The average molecular weight is 332 g/mol. The highest BCUT2D eigenvalue weighted by atomic mass is 35.5. The summed E-state index contributed by atoms with van der Waals surface area (Å²) >= 11 is 6.06. The summed E-state index contributed by atoms with van der Waals surface area (Å²) in [4.78, 5) is 14.0. The molecule has 0 saturated heterocycles. The molecule has 124 valence electrons. The normalized spacial score (nSPS) is 12.5. The van der Waals surface area contributed by atoms with E-state index >= 15 is 0 Å². The maximum Gasteiger partial charge on any atom is 0.242 e. The number of hydrogen-bond donors (Lipinski definition) is 2. The summed E-state index contributed by atoms with van der Waals surface area (Å²) in [6.07, 6.45) is 0. The van der Waals surface area contributed by atoms with Crippen molar-refractivity contribution in [1.29, 1.82) is 0 Å². The third kappa shape index (κ3) is 5.53. The predicted molar refractivity (Wildman–Crippen MR) is 85.6 cm³/mol. The number of nitrogens with zero attached hydrogens (tertiary/aromatic N) is 1. The van der Waals surface area contributed by atoms with Gasteiger partial charge in [0.1, 0.15) is 11.9 Å². The average Bonchev–Trinajstić information content (AvgIpc) is 2.46. The molecule has 0 fully saturated rings. The standard InChI is InChI=1S/C15H23ClFN3O2/c1-20(2)14(13-11(16)5-4-6-12(13)17)15(21)19-8-7-18-9-10-22-3/h4-6,14,18H,7-10H2,1-3H3,(H,19,21). The Labute approximate surface area is 135 Å². The molecule has 0 spiro atoms. The lowest BCUT2D eigenvalue weighted by Crippen LogP contribution is -2.40. The van der Waals surface area contributed by atoms with Crippen molar-refractivity contribution >= 4 is 17.5 Å². The van der Waals surface area contributed by atoms with E-state index < -0.39 is 11.9 Å². The number of carbonyl (C=O) groups is 1. The largest absolute Gasteiger partial charge is 0.383 e. The van der Waals surface area contributed by atoms with Gasteiger partial charge in [0.15, 0.2) is 0 Å². The lowest BCUT2D eigenvalue weighted by atomic mass is 10.0. The summed E-state index contributed by atoms with van der Waals surface area (Å²) in [5, 5.41) is 6.15. The zero-order valence-corrected chi connectivity index (χ0v) is 13.9. The lowest BCUT2D eigenvalue weighted by Gasteiger charge is -2.25. The van der Waals surface area contributed by atoms with Gasteiger partial charge in [-0.25, -0.2) is 4.39 Å². The van der Waals surface area contributed by atoms with Gasteiger partial charge in [0.2, 0.25) is 5.91 Å². The molecule has 0 bridgehead atoms. The van der Waals surface area contributed by atoms with E-state index in [9.17, 15) is 9.18 Å². The van der Waals surface area contributed by atoms with Crippen molar-refractivity contribution in [3.05, 3.63) is 34.6 Å². The van der Waals surface area contributed by atoms with Crippen molar-refractivity contribution < 1.29 is 13.9 Å². The Morgan fingerprint density at radius 2 is 2.09 bits per heavy atom. The highest BCUT2D eigenvalue weighted by Crippen LogP contribution is 2.28. The van der Waals surface area contributed by atoms with Crippen LogP contribution in [0.1, 0.15) is 11.6 Å². The fourth-order valence-corrected chi connectivity index (χ4v) is 2.33. The summed E-state index contributed by atoms with van der Waals surface area (Å²) in [7, 11) is 5.05. The van der Waals surface area contributed by atoms with Crippen LogP contribution in [0.5, 0.6) is 0 Å². The minimum atomic E-state index is -0.771. The molecule has 7 heteroatoms. The van der Waals surface area contributed by atoms with E-state index in [4.69, 9.17) is 16.3 Å². The van der Waals surface area contributed by atoms with Gasteiger partial charge in [-0.05, 0) is 26.2 Å². The van der Waals surface area contributed by atoms with Gasteiger partial charge in [-0.15, -0.1) is 0 Å². The first-order chi connectivity index (χ1) is 10.5. The SMILES string of the molecule is COCCNCCNC(=O)C(c1c(F)cccc1Cl)N(C)C. The maximum absolute atomic E-state index is 14.0. The van der Waals surface area contributed by atoms with Gasteiger partial charge < -0.3 is 15.4 Å². The number of likely N-dealkylation sites (N-methyl/N-ethyl adjacent to an activating group) is 1. The zero-order chi connectivity index (χ0) is 16.5. The number of amides is 1. The Kier molecular flexibility index (Phi) is 8.34. The summed E-state index contributed by atoms with van der Waals surface area (Å²) in [5.74, 6) is -0.773. The van der Waals surface area contributed by atoms with Crippen molar-refractivity contribution in [3.8, 4) is 0 Å². The van der Waals surface area contributed by atoms with Crippen molar-refractivity contribution in [2.45, 2.75) is 6.04 Å². The van der Waals surface area contributed by atoms with E-state index in [1.807, 2.05) is 0 Å². The number of benzene rings is 1. The van der Waals surface area contributed by atoms with Crippen molar-refractivity contribution in [2.75, 3.05) is 47.4 Å². The van der Waals surface area contributed by atoms with Crippen LogP contribution in [0.2, 0.25) is 5.02 Å². The number of carbonyl (C=O) groups excluding carboxylic acids is 1. The van der Waals surface area contributed by atoms with Crippen molar-refractivity contribution in [1.82, 2.24) is 15.5 Å². The molecule has 1 atom stereocenters. The van der Waals surface area contributed by atoms with Crippen molar-refractivity contribution in [2.24, 2.45) is 0 Å². The van der Waals surface area contributed by atoms with Crippen LogP contribution < -0.4 is 10.6 Å². The number of nitrogens with one attached hydrogen (secondary N) is 2. The van der Waals surface area contributed by atoms with Gasteiger partial charge in [0.25, 0.3) is 0 Å². The molecule has 0 aromatic heterocycles. The van der Waals surface area contributed by atoms with Gasteiger partial charge in [-0.1, -0.05) is 17.7 Å². The first-order valence-corrected chi connectivity index (χ1v) is 7.44. The summed E-state index contributed by atoms with van der Waals surface area (Å²) in [6.45, 7) is 2.38. The molecule has 0 aliphatic carbocycles. The first kappa shape index (κ1) is 18.8. The highest BCUT2D eigenvalue weighted by molar-refractivity contribution is 6.31. The molecule has 0 radical (unpaired) electrons. The molecular formula is C15H23ClFN3O2. The second-order valence-electron chi connectivity index (χ2n) is 5.04. The minimum absolute atomic E-state index is 0.194. The van der Waals surface area contributed by atoms with Crippen LogP contribution in [-0.2, 0) is 9.53 Å². The van der Waals surface area contributed by atoms with E-state index in [-0.39, 0.29) is 16.5 Å². The molecule has 1 amide bonds. The lowest BCUT2D eigenvalue weighted by molar-refractivity contribution is -0.125. The molecule has 0 aliphatic heterocycles. The van der Waals surface area contributed by atoms with Gasteiger partial charge in [-0.3, -0.25) is 9.69 Å². The Morgan fingerprint density at radius 1 is 1.36 bits per heavy atom. The number of rotatable bonds is 9. The van der Waals surface area contributed by atoms with Gasteiger partial charge >= 0.3 is 0 Å². The quantitative estimate of drug-likeness (QED) is 0.672. The van der Waals surface area contributed by atoms with E-state index in [1.54, 1.807) is 32.2 Å². The van der Waals surface area contributed by atoms with Crippen LogP contribution in [-0.4, -0.2) is 58.3 Å². The number of hydrogen-bond acceptors (Lipinski definition) is 4. The molecule has 5 nitrogen and oxygen atoms in total. The Balaban J connectivity index is 2.66. The van der Waals surface area contributed by atoms with Gasteiger partial charge in [0.05, 0.1) is 6.61 Å². The summed E-state index contributed by atoms with van der Waals surface area (Å²) in [5.41, 5.74) is 0.194. The number of methoxy groups -OCH3 is 1. The third-order valence-electron chi connectivity index (χ3n) is 3.12. The molecule has 0 saturated carbocycles. The van der Waals surface area contributed by atoms with Crippen LogP contribution in [0.4, 0.5) is 4.39 Å². The third-order valence-corrected chi connectivity index (χ3v) is 3.45. The zero-order valence-electron chi connectivity index (χ0n) is 13.2. The van der Waals surface area contributed by atoms with E-state index in [0.29, 0.717) is 26.2 Å². The fraction of sp³-hybridized carbons (Fsp3) is 0.533. The second-order valence-corrected chi connectivity index (χ2v) is 5.44. The smallest absolute Gasteiger partial charge is 0.242 e. The highest BCUT2D eigenvalue weighted by Gasteiger charge is 2.27. The topological polar surface area (TPSA) is 53.6 Å². The van der Waals surface area contributed by atoms with Crippen LogP contribution in [0.3, 0.4) is 0 Å². The second kappa shape index (κ2) is 9.74. The molecular weight excluding hydrogens is 309 g/mol. The molecule has 0 aliphatic rings. The van der Waals surface area contributed by atoms with Gasteiger partial charge in [-0.2, -0.15) is 0 Å². The first-order valence-electron chi connectivity index (χ1n) is 7.06. The molecule has 1 aromatic rings. The molecule has 22 heavy (non-hydrogen) atoms. The minimum Gasteiger partial charge on any atom is -0.383 e. The number of halogens is 2. The monoisotopic (exact) mass is 331 g/mol. The number of ether oxygens (including phenoxy) is 1. The van der Waals surface area contributed by atoms with Crippen LogP contribution in [0.25, 0.3) is 0 Å². The Morgan fingerprint density at radius 3 is 2.68 bits per heavy atom. The Bertz CT molecular complexity index is 466. The van der Waals surface area contributed by atoms with E-state index in [1.165, 1.54) is 12.1 Å². The molecule has 1 unspecified atom stereocenters. The van der Waals surface area contributed by atoms with E-state index in [0.717, 1.165) is 0 Å². The predicted octanol–water partition coefficient (Wildman–Crippen LogP) is 1.43. The molecule has 1 aromatic carbocycles. The molecule has 0 heterocycles. The maximum atomic E-state index is 14.0. The van der Waals surface area contributed by atoms with E-state index in [2.05, 4.69) is 10.6 Å². The van der Waals surface area contributed by atoms with Crippen LogP contribution in [0, 0.1) is 5.82 Å². The summed E-state index contributed by atoms with van der Waals surface area (Å²) in [6, 6.07) is 3.63. The van der Waals surface area contributed by atoms with Crippen LogP contribution in [0.15, 0.2) is 18.2 Å². The molecule has 2 N–H and O–H groups in total. The van der Waals surface area contributed by atoms with Gasteiger partial charge in [0, 0.05) is 37.3 Å². The fourth-order valence-electron chi connectivity index (χ4n) is 2.07. The molecule has 1 rings (SSSR count). The van der Waals surface area contributed by atoms with Crippen LogP contribution >= 0.6 is 11.6 Å².